The zero-order chi connectivity index (χ0) is 15.3. The second-order valence-corrected chi connectivity index (χ2v) is 6.47. The number of ether oxygens (including phenoxy) is 1. The topological polar surface area (TPSA) is 41.6 Å². The number of hydrogen-bond acceptors (Lipinski definition) is 3. The van der Waals surface area contributed by atoms with E-state index in [1.807, 2.05) is 0 Å². The highest BCUT2D eigenvalue weighted by Gasteiger charge is 2.60. The van der Waals surface area contributed by atoms with Crippen LogP contribution in [0.1, 0.15) is 26.2 Å². The lowest BCUT2D eigenvalue weighted by atomic mass is 9.91. The average molecular weight is 306 g/mol. The van der Waals surface area contributed by atoms with Gasteiger partial charge in [0.05, 0.1) is 12.6 Å². The van der Waals surface area contributed by atoms with Crippen LogP contribution in [-0.2, 0) is 9.53 Å². The Kier molecular flexibility index (Phi) is 3.68. The molecule has 120 valence electrons. The summed E-state index contributed by atoms with van der Waals surface area (Å²) in [5, 5.41) is 3.26. The molecular formula is C14H21F3N2O2. The normalized spacial score (nSPS) is 35.8. The summed E-state index contributed by atoms with van der Waals surface area (Å²) in [7, 11) is 0. The molecule has 0 bridgehead atoms. The van der Waals surface area contributed by atoms with Gasteiger partial charge in [0, 0.05) is 12.5 Å². The number of amides is 1. The van der Waals surface area contributed by atoms with E-state index in [0.29, 0.717) is 0 Å². The summed E-state index contributed by atoms with van der Waals surface area (Å²) in [6.07, 6.45) is -3.56. The van der Waals surface area contributed by atoms with Crippen molar-refractivity contribution in [3.8, 4) is 0 Å². The molecule has 3 aliphatic rings. The van der Waals surface area contributed by atoms with Crippen molar-refractivity contribution in [3.63, 3.8) is 0 Å². The van der Waals surface area contributed by atoms with E-state index >= 15 is 0 Å². The fourth-order valence-electron chi connectivity index (χ4n) is 3.84. The summed E-state index contributed by atoms with van der Waals surface area (Å²) in [6.45, 7) is 3.45. The molecule has 7 heteroatoms. The van der Waals surface area contributed by atoms with Gasteiger partial charge >= 0.3 is 6.18 Å². The molecule has 1 aliphatic carbocycles. The molecule has 3 rings (SSSR count). The van der Waals surface area contributed by atoms with Gasteiger partial charge in [-0.3, -0.25) is 4.79 Å². The minimum Gasteiger partial charge on any atom is -0.365 e. The predicted octanol–water partition coefficient (Wildman–Crippen LogP) is 1.55. The standard InChI is InChI=1S/C14H21F3N2O2/c1-9-11(14(15,16)17)21-7-6-19(9)12(20)10-8-13(10)2-4-18-5-3-13/h9-11,18H,2-8H2,1H3/t9-,10?,11-/m1/s1. The van der Waals surface area contributed by atoms with Crippen LogP contribution < -0.4 is 5.32 Å². The van der Waals surface area contributed by atoms with Gasteiger partial charge in [-0.05, 0) is 44.7 Å². The van der Waals surface area contributed by atoms with Crippen LogP contribution in [0.2, 0.25) is 0 Å². The van der Waals surface area contributed by atoms with Gasteiger partial charge in [-0.15, -0.1) is 0 Å². The number of nitrogens with zero attached hydrogens (tertiary/aromatic N) is 1. The molecular weight excluding hydrogens is 285 g/mol. The minimum absolute atomic E-state index is 0.0401. The van der Waals surface area contributed by atoms with Crippen molar-refractivity contribution < 1.29 is 22.7 Å². The van der Waals surface area contributed by atoms with E-state index in [1.165, 1.54) is 11.8 Å². The number of carbonyl (C=O) groups is 1. The highest BCUT2D eigenvalue weighted by atomic mass is 19.4. The van der Waals surface area contributed by atoms with E-state index in [2.05, 4.69) is 5.32 Å². The van der Waals surface area contributed by atoms with E-state index < -0.39 is 18.3 Å². The minimum atomic E-state index is -4.42. The Morgan fingerprint density at radius 3 is 2.62 bits per heavy atom. The molecule has 3 fully saturated rings. The lowest BCUT2D eigenvalue weighted by Crippen LogP contribution is -2.57. The Labute approximate surface area is 122 Å². The average Bonchev–Trinajstić information content (AvgIpc) is 3.11. The molecule has 2 heterocycles. The number of hydrogen-bond donors (Lipinski definition) is 1. The van der Waals surface area contributed by atoms with Gasteiger partial charge in [0.25, 0.3) is 0 Å². The molecule has 0 aromatic rings. The van der Waals surface area contributed by atoms with Crippen molar-refractivity contribution >= 4 is 5.91 Å². The second kappa shape index (κ2) is 5.12. The molecule has 21 heavy (non-hydrogen) atoms. The fourth-order valence-corrected chi connectivity index (χ4v) is 3.84. The second-order valence-electron chi connectivity index (χ2n) is 6.47. The first-order valence-electron chi connectivity index (χ1n) is 7.55. The van der Waals surface area contributed by atoms with Crippen LogP contribution >= 0.6 is 0 Å². The zero-order valence-corrected chi connectivity index (χ0v) is 12.1. The monoisotopic (exact) mass is 306 g/mol. The summed E-state index contributed by atoms with van der Waals surface area (Å²) in [5.41, 5.74) is 0.0497. The number of morpholine rings is 1. The van der Waals surface area contributed by atoms with Crippen LogP contribution in [0.5, 0.6) is 0 Å². The Bertz CT molecular complexity index is 421. The smallest absolute Gasteiger partial charge is 0.365 e. The molecule has 1 N–H and O–H groups in total. The molecule has 4 nitrogen and oxygen atoms in total. The number of carbonyl (C=O) groups excluding carboxylic acids is 1. The van der Waals surface area contributed by atoms with Crippen LogP contribution in [0.15, 0.2) is 0 Å². The van der Waals surface area contributed by atoms with Gasteiger partial charge in [0.2, 0.25) is 5.91 Å². The third-order valence-electron chi connectivity index (χ3n) is 5.25. The SMILES string of the molecule is C[C@@H]1[C@H](C(F)(F)F)OCCN1C(=O)C1CC12CCNCC2. The molecule has 0 aromatic heterocycles. The van der Waals surface area contributed by atoms with Gasteiger partial charge in [-0.25, -0.2) is 0 Å². The predicted molar refractivity (Wildman–Crippen MR) is 69.6 cm³/mol. The molecule has 0 aromatic carbocycles. The van der Waals surface area contributed by atoms with Gasteiger partial charge in [-0.1, -0.05) is 0 Å². The highest BCUT2D eigenvalue weighted by Crippen LogP contribution is 2.59. The summed E-state index contributed by atoms with van der Waals surface area (Å²) in [4.78, 5) is 14.0. The first-order valence-corrected chi connectivity index (χ1v) is 7.55. The third kappa shape index (κ3) is 2.65. The quantitative estimate of drug-likeness (QED) is 0.799. The molecule has 2 aliphatic heterocycles. The lowest BCUT2D eigenvalue weighted by Gasteiger charge is -2.40. The Balaban J connectivity index is 1.67. The third-order valence-corrected chi connectivity index (χ3v) is 5.25. The molecule has 1 amide bonds. The first-order chi connectivity index (χ1) is 9.85. The fraction of sp³-hybridized carbons (Fsp3) is 0.929. The van der Waals surface area contributed by atoms with Gasteiger partial charge < -0.3 is 15.0 Å². The maximum absolute atomic E-state index is 12.9. The van der Waals surface area contributed by atoms with Crippen molar-refractivity contribution in [3.05, 3.63) is 0 Å². The van der Waals surface area contributed by atoms with E-state index in [1.54, 1.807) is 0 Å². The Morgan fingerprint density at radius 1 is 1.33 bits per heavy atom. The summed E-state index contributed by atoms with van der Waals surface area (Å²) in [6, 6.07) is -0.939. The highest BCUT2D eigenvalue weighted by molar-refractivity contribution is 5.83. The number of halogens is 3. The largest absolute Gasteiger partial charge is 0.416 e. The van der Waals surface area contributed by atoms with Gasteiger partial charge in [-0.2, -0.15) is 13.2 Å². The van der Waals surface area contributed by atoms with Crippen molar-refractivity contribution in [2.24, 2.45) is 11.3 Å². The van der Waals surface area contributed by atoms with Crippen molar-refractivity contribution in [1.82, 2.24) is 10.2 Å². The summed E-state index contributed by atoms with van der Waals surface area (Å²) >= 11 is 0. The van der Waals surface area contributed by atoms with Crippen molar-refractivity contribution in [2.45, 2.75) is 44.5 Å². The van der Waals surface area contributed by atoms with E-state index in [0.717, 1.165) is 32.4 Å². The summed E-state index contributed by atoms with van der Waals surface area (Å²) < 4.78 is 43.6. The van der Waals surface area contributed by atoms with Crippen molar-refractivity contribution in [1.29, 1.82) is 0 Å². The van der Waals surface area contributed by atoms with Crippen LogP contribution in [0.4, 0.5) is 13.2 Å². The van der Waals surface area contributed by atoms with Crippen LogP contribution in [-0.4, -0.2) is 55.4 Å². The zero-order valence-electron chi connectivity index (χ0n) is 12.1. The number of rotatable bonds is 1. The van der Waals surface area contributed by atoms with E-state index in [9.17, 15) is 18.0 Å². The number of piperidine rings is 1. The maximum Gasteiger partial charge on any atom is 0.416 e. The number of alkyl halides is 3. The molecule has 1 spiro atoms. The van der Waals surface area contributed by atoms with E-state index in [4.69, 9.17) is 4.74 Å². The molecule has 1 unspecified atom stereocenters. The summed E-state index contributed by atoms with van der Waals surface area (Å²) in [5.74, 6) is -0.198. The lowest BCUT2D eigenvalue weighted by molar-refractivity contribution is -0.250. The molecule has 1 saturated carbocycles. The molecule has 0 radical (unpaired) electrons. The molecule has 2 saturated heterocycles. The van der Waals surface area contributed by atoms with Gasteiger partial charge in [0.1, 0.15) is 0 Å². The van der Waals surface area contributed by atoms with Crippen LogP contribution in [0, 0.1) is 11.3 Å². The van der Waals surface area contributed by atoms with Crippen LogP contribution in [0.3, 0.4) is 0 Å². The first kappa shape index (κ1) is 15.1. The maximum atomic E-state index is 12.9. The van der Waals surface area contributed by atoms with Crippen molar-refractivity contribution in [2.75, 3.05) is 26.2 Å². The van der Waals surface area contributed by atoms with E-state index in [-0.39, 0.29) is 30.4 Å². The Hall–Kier alpha value is -0.820. The molecule has 3 atom stereocenters. The van der Waals surface area contributed by atoms with Crippen LogP contribution in [0.25, 0.3) is 0 Å². The number of nitrogens with one attached hydrogen (secondary N) is 1. The van der Waals surface area contributed by atoms with Gasteiger partial charge in [0.15, 0.2) is 6.10 Å². The Morgan fingerprint density at radius 2 is 2.00 bits per heavy atom.